The maximum Gasteiger partial charge on any atom is 0.119 e. The minimum atomic E-state index is 0.289. The molecule has 0 saturated heterocycles. The summed E-state index contributed by atoms with van der Waals surface area (Å²) in [7, 11) is 0. The first-order valence-electron chi connectivity index (χ1n) is 14.0. The molecular formula is C32H50O. The van der Waals surface area contributed by atoms with Gasteiger partial charge in [0.1, 0.15) is 5.75 Å². The molecule has 0 aliphatic rings. The van der Waals surface area contributed by atoms with Gasteiger partial charge in [-0.15, -0.1) is 0 Å². The lowest BCUT2D eigenvalue weighted by atomic mass is 9.99. The van der Waals surface area contributed by atoms with Crippen molar-refractivity contribution in [2.45, 2.75) is 124 Å². The SMILES string of the molecule is CCCCCC[C@@H](C)Oc1ccc(-c2ccc(CCCCCCCC[C@@H](C)CC)cc2)cc1. The van der Waals surface area contributed by atoms with E-state index in [1.807, 2.05) is 0 Å². The Hall–Kier alpha value is -1.76. The molecule has 0 heterocycles. The van der Waals surface area contributed by atoms with Gasteiger partial charge in [-0.2, -0.15) is 0 Å². The summed E-state index contributed by atoms with van der Waals surface area (Å²) in [6, 6.07) is 17.8. The largest absolute Gasteiger partial charge is 0.491 e. The van der Waals surface area contributed by atoms with Crippen molar-refractivity contribution in [2.75, 3.05) is 0 Å². The lowest BCUT2D eigenvalue weighted by molar-refractivity contribution is 0.206. The molecule has 184 valence electrons. The fourth-order valence-electron chi connectivity index (χ4n) is 4.47. The van der Waals surface area contributed by atoms with Crippen LogP contribution in [0.4, 0.5) is 0 Å². The summed E-state index contributed by atoms with van der Waals surface area (Å²) < 4.78 is 6.11. The molecular weight excluding hydrogens is 400 g/mol. The highest BCUT2D eigenvalue weighted by molar-refractivity contribution is 5.64. The maximum atomic E-state index is 6.11. The van der Waals surface area contributed by atoms with E-state index in [0.717, 1.165) is 18.1 Å². The predicted octanol–water partition coefficient (Wildman–Crippen LogP) is 10.4. The normalized spacial score (nSPS) is 13.1. The van der Waals surface area contributed by atoms with Crippen LogP contribution in [0.25, 0.3) is 11.1 Å². The van der Waals surface area contributed by atoms with Crippen molar-refractivity contribution in [3.8, 4) is 16.9 Å². The number of rotatable bonds is 18. The van der Waals surface area contributed by atoms with Gasteiger partial charge in [0.15, 0.2) is 0 Å². The number of unbranched alkanes of at least 4 members (excludes halogenated alkanes) is 8. The van der Waals surface area contributed by atoms with E-state index < -0.39 is 0 Å². The second-order valence-corrected chi connectivity index (χ2v) is 10.2. The zero-order chi connectivity index (χ0) is 23.7. The van der Waals surface area contributed by atoms with Gasteiger partial charge in [0.2, 0.25) is 0 Å². The van der Waals surface area contributed by atoms with Crippen LogP contribution in [0.3, 0.4) is 0 Å². The summed E-state index contributed by atoms with van der Waals surface area (Å²) in [6.45, 7) is 9.13. The molecule has 1 nitrogen and oxygen atoms in total. The molecule has 0 aliphatic heterocycles. The third kappa shape index (κ3) is 11.8. The molecule has 2 aromatic rings. The Morgan fingerprint density at radius 2 is 1.15 bits per heavy atom. The average Bonchev–Trinajstić information content (AvgIpc) is 2.84. The molecule has 2 atom stereocenters. The quantitative estimate of drug-likeness (QED) is 0.205. The van der Waals surface area contributed by atoms with Gasteiger partial charge < -0.3 is 4.74 Å². The van der Waals surface area contributed by atoms with Crippen molar-refractivity contribution in [1.82, 2.24) is 0 Å². The fraction of sp³-hybridized carbons (Fsp3) is 0.625. The standard InChI is InChI=1S/C32H50O/c1-5-7-8-14-17-28(4)33-32-25-23-31(24-26-32)30-21-19-29(20-22-30)18-15-12-10-9-11-13-16-27(3)6-2/h19-28H,5-18H2,1-4H3/t27-,28+/m0/s1. The summed E-state index contributed by atoms with van der Waals surface area (Å²) in [5.41, 5.74) is 4.02. The number of benzene rings is 2. The topological polar surface area (TPSA) is 9.23 Å². The van der Waals surface area contributed by atoms with Crippen LogP contribution in [0, 0.1) is 5.92 Å². The molecule has 0 spiro atoms. The Morgan fingerprint density at radius 3 is 1.79 bits per heavy atom. The van der Waals surface area contributed by atoms with Crippen LogP contribution in [-0.4, -0.2) is 6.10 Å². The first kappa shape index (κ1) is 27.5. The monoisotopic (exact) mass is 450 g/mol. The first-order chi connectivity index (χ1) is 16.1. The van der Waals surface area contributed by atoms with E-state index in [2.05, 4.69) is 76.2 Å². The Morgan fingerprint density at radius 1 is 0.606 bits per heavy atom. The van der Waals surface area contributed by atoms with Crippen LogP contribution in [0.15, 0.2) is 48.5 Å². The first-order valence-corrected chi connectivity index (χ1v) is 14.0. The maximum absolute atomic E-state index is 6.11. The van der Waals surface area contributed by atoms with Gasteiger partial charge in [0.05, 0.1) is 6.10 Å². The molecule has 2 rings (SSSR count). The third-order valence-electron chi connectivity index (χ3n) is 7.05. The average molecular weight is 451 g/mol. The van der Waals surface area contributed by atoms with Crippen LogP contribution >= 0.6 is 0 Å². The van der Waals surface area contributed by atoms with Gasteiger partial charge in [-0.25, -0.2) is 0 Å². The molecule has 0 unspecified atom stereocenters. The van der Waals surface area contributed by atoms with Gasteiger partial charge >= 0.3 is 0 Å². The zero-order valence-electron chi connectivity index (χ0n) is 22.1. The van der Waals surface area contributed by atoms with E-state index in [4.69, 9.17) is 4.74 Å². The Bertz CT molecular complexity index is 715. The van der Waals surface area contributed by atoms with Gasteiger partial charge in [-0.3, -0.25) is 0 Å². The highest BCUT2D eigenvalue weighted by Gasteiger charge is 2.05. The Labute approximate surface area is 205 Å². The Kier molecular flexibility index (Phi) is 14.0. The zero-order valence-corrected chi connectivity index (χ0v) is 22.1. The molecule has 0 fully saturated rings. The van der Waals surface area contributed by atoms with Crippen LogP contribution in [0.2, 0.25) is 0 Å². The highest BCUT2D eigenvalue weighted by Crippen LogP contribution is 2.24. The number of hydrogen-bond donors (Lipinski definition) is 0. The minimum absolute atomic E-state index is 0.289. The summed E-state index contributed by atoms with van der Waals surface area (Å²) in [4.78, 5) is 0. The highest BCUT2D eigenvalue weighted by atomic mass is 16.5. The summed E-state index contributed by atoms with van der Waals surface area (Å²) in [5, 5.41) is 0. The minimum Gasteiger partial charge on any atom is -0.491 e. The molecule has 0 aromatic heterocycles. The smallest absolute Gasteiger partial charge is 0.119 e. The van der Waals surface area contributed by atoms with E-state index in [1.54, 1.807) is 0 Å². The summed E-state index contributed by atoms with van der Waals surface area (Å²) in [5.74, 6) is 1.89. The number of aryl methyl sites for hydroxylation is 1. The van der Waals surface area contributed by atoms with Crippen molar-refractivity contribution in [3.63, 3.8) is 0 Å². The van der Waals surface area contributed by atoms with E-state index in [0.29, 0.717) is 0 Å². The van der Waals surface area contributed by atoms with E-state index in [9.17, 15) is 0 Å². The molecule has 0 amide bonds. The van der Waals surface area contributed by atoms with E-state index in [1.165, 1.54) is 100 Å². The fourth-order valence-corrected chi connectivity index (χ4v) is 4.47. The summed E-state index contributed by atoms with van der Waals surface area (Å²) in [6.07, 6.45) is 18.9. The van der Waals surface area contributed by atoms with E-state index >= 15 is 0 Å². The third-order valence-corrected chi connectivity index (χ3v) is 7.05. The molecule has 0 bridgehead atoms. The summed E-state index contributed by atoms with van der Waals surface area (Å²) >= 11 is 0. The lowest BCUT2D eigenvalue weighted by Crippen LogP contribution is -2.11. The van der Waals surface area contributed by atoms with Gasteiger partial charge in [0.25, 0.3) is 0 Å². The molecule has 2 aromatic carbocycles. The van der Waals surface area contributed by atoms with Gasteiger partial charge in [0, 0.05) is 0 Å². The van der Waals surface area contributed by atoms with Crippen LogP contribution < -0.4 is 4.74 Å². The molecule has 0 radical (unpaired) electrons. The van der Waals surface area contributed by atoms with Crippen molar-refractivity contribution in [2.24, 2.45) is 5.92 Å². The molecule has 0 aliphatic carbocycles. The molecule has 33 heavy (non-hydrogen) atoms. The van der Waals surface area contributed by atoms with Crippen LogP contribution in [-0.2, 0) is 6.42 Å². The molecule has 1 heteroatoms. The van der Waals surface area contributed by atoms with Gasteiger partial charge in [-0.1, -0.05) is 121 Å². The van der Waals surface area contributed by atoms with Crippen molar-refractivity contribution >= 4 is 0 Å². The van der Waals surface area contributed by atoms with Crippen molar-refractivity contribution in [1.29, 1.82) is 0 Å². The lowest BCUT2D eigenvalue weighted by Gasteiger charge is -2.15. The number of ether oxygens (including phenoxy) is 1. The van der Waals surface area contributed by atoms with E-state index in [-0.39, 0.29) is 6.10 Å². The Balaban J connectivity index is 1.65. The predicted molar refractivity (Wildman–Crippen MR) is 146 cm³/mol. The van der Waals surface area contributed by atoms with Gasteiger partial charge in [-0.05, 0) is 67.3 Å². The molecule has 0 N–H and O–H groups in total. The second kappa shape index (κ2) is 16.8. The number of hydrogen-bond acceptors (Lipinski definition) is 1. The van der Waals surface area contributed by atoms with Crippen molar-refractivity contribution < 1.29 is 4.74 Å². The van der Waals surface area contributed by atoms with Crippen LogP contribution in [0.5, 0.6) is 5.75 Å². The van der Waals surface area contributed by atoms with Crippen LogP contribution in [0.1, 0.15) is 117 Å². The second-order valence-electron chi connectivity index (χ2n) is 10.2. The van der Waals surface area contributed by atoms with Crippen molar-refractivity contribution in [3.05, 3.63) is 54.1 Å². The molecule has 0 saturated carbocycles.